The van der Waals surface area contributed by atoms with Gasteiger partial charge in [0.2, 0.25) is 0 Å². The van der Waals surface area contributed by atoms with E-state index >= 15 is 0 Å². The molecule has 0 saturated carbocycles. The molecule has 1 unspecified atom stereocenters. The number of aromatic nitrogens is 2. The van der Waals surface area contributed by atoms with Crippen LogP contribution in [-0.2, 0) is 13.2 Å². The number of pyridine rings is 1. The molecule has 0 spiro atoms. The van der Waals surface area contributed by atoms with E-state index in [1.165, 1.54) is 11.1 Å². The van der Waals surface area contributed by atoms with Crippen LogP contribution in [-0.4, -0.2) is 22.1 Å². The van der Waals surface area contributed by atoms with Gasteiger partial charge in [0.25, 0.3) is 0 Å². The molecule has 1 atom stereocenters. The zero-order valence-corrected chi connectivity index (χ0v) is 16.5. The van der Waals surface area contributed by atoms with Gasteiger partial charge in [-0.2, -0.15) is 0 Å². The summed E-state index contributed by atoms with van der Waals surface area (Å²) < 4.78 is 11.1. The molecular weight excluding hydrogens is 338 g/mol. The second kappa shape index (κ2) is 8.82. The van der Waals surface area contributed by atoms with Crippen LogP contribution in [0.2, 0.25) is 0 Å². The molecule has 3 rings (SSSR count). The second-order valence-electron chi connectivity index (χ2n) is 6.86. The topological polar surface area (TPSA) is 51.4 Å². The number of nitrogens with zero attached hydrogens (tertiary/aromatic N) is 3. The number of hydrogen-bond donors (Lipinski definition) is 0. The van der Waals surface area contributed by atoms with Gasteiger partial charge < -0.3 is 9.26 Å². The summed E-state index contributed by atoms with van der Waals surface area (Å²) in [7, 11) is 2.16. The van der Waals surface area contributed by atoms with Crippen molar-refractivity contribution in [3.05, 3.63) is 76.9 Å². The summed E-state index contributed by atoms with van der Waals surface area (Å²) in [6.07, 6.45) is 4.77. The molecule has 0 aliphatic heterocycles. The molecule has 5 nitrogen and oxygen atoms in total. The van der Waals surface area contributed by atoms with Crippen LogP contribution >= 0.6 is 0 Å². The average molecular weight is 365 g/mol. The summed E-state index contributed by atoms with van der Waals surface area (Å²) in [6.45, 7) is 7.41. The fourth-order valence-corrected chi connectivity index (χ4v) is 3.34. The third kappa shape index (κ3) is 4.74. The fourth-order valence-electron chi connectivity index (χ4n) is 3.34. The highest BCUT2D eigenvalue weighted by Gasteiger charge is 2.15. The van der Waals surface area contributed by atoms with Gasteiger partial charge in [-0.15, -0.1) is 0 Å². The van der Waals surface area contributed by atoms with Crippen molar-refractivity contribution in [2.75, 3.05) is 7.05 Å². The first kappa shape index (κ1) is 19.1. The molecule has 27 heavy (non-hydrogen) atoms. The van der Waals surface area contributed by atoms with Gasteiger partial charge in [0.1, 0.15) is 18.1 Å². The van der Waals surface area contributed by atoms with Crippen LogP contribution in [0.25, 0.3) is 0 Å². The van der Waals surface area contributed by atoms with Crippen LogP contribution in [0.1, 0.15) is 47.5 Å². The summed E-state index contributed by atoms with van der Waals surface area (Å²) in [5, 5.41) is 3.96. The van der Waals surface area contributed by atoms with Crippen molar-refractivity contribution in [2.45, 2.75) is 46.4 Å². The monoisotopic (exact) mass is 365 g/mol. The fraction of sp³-hybridized carbons (Fsp3) is 0.364. The van der Waals surface area contributed by atoms with E-state index in [-0.39, 0.29) is 0 Å². The Morgan fingerprint density at radius 1 is 1.07 bits per heavy atom. The lowest BCUT2D eigenvalue weighted by Gasteiger charge is -2.27. The molecule has 0 radical (unpaired) electrons. The summed E-state index contributed by atoms with van der Waals surface area (Å²) >= 11 is 0. The predicted octanol–water partition coefficient (Wildman–Crippen LogP) is 4.85. The molecule has 0 aliphatic rings. The van der Waals surface area contributed by atoms with Crippen LogP contribution in [0.4, 0.5) is 0 Å². The quantitative estimate of drug-likeness (QED) is 0.571. The largest absolute Gasteiger partial charge is 0.489 e. The second-order valence-corrected chi connectivity index (χ2v) is 6.86. The van der Waals surface area contributed by atoms with Crippen LogP contribution in [0.3, 0.4) is 0 Å². The van der Waals surface area contributed by atoms with Crippen molar-refractivity contribution in [1.29, 1.82) is 0 Å². The van der Waals surface area contributed by atoms with Crippen molar-refractivity contribution in [3.63, 3.8) is 0 Å². The van der Waals surface area contributed by atoms with Gasteiger partial charge in [-0.3, -0.25) is 9.88 Å². The first-order valence-corrected chi connectivity index (χ1v) is 9.32. The first-order chi connectivity index (χ1) is 13.1. The van der Waals surface area contributed by atoms with Gasteiger partial charge in [0, 0.05) is 25.0 Å². The van der Waals surface area contributed by atoms with Gasteiger partial charge in [0.05, 0.1) is 11.3 Å². The Labute approximate surface area is 161 Å². The molecule has 2 heterocycles. The van der Waals surface area contributed by atoms with E-state index in [2.05, 4.69) is 53.3 Å². The van der Waals surface area contributed by atoms with Crippen molar-refractivity contribution in [2.24, 2.45) is 0 Å². The Morgan fingerprint density at radius 2 is 1.78 bits per heavy atom. The molecule has 0 N–H and O–H groups in total. The standard InChI is InChI=1S/C22H27N3O2/c1-5-22(19-10-12-23-13-11-19)25(4)14-18-6-8-20(9-7-18)26-15-21-16(2)24-27-17(21)3/h6-13,22H,5,14-15H2,1-4H3. The molecule has 2 aromatic heterocycles. The molecule has 0 aliphatic carbocycles. The van der Waals surface area contributed by atoms with Gasteiger partial charge in [-0.1, -0.05) is 24.2 Å². The minimum Gasteiger partial charge on any atom is -0.489 e. The summed E-state index contributed by atoms with van der Waals surface area (Å²) in [4.78, 5) is 6.49. The van der Waals surface area contributed by atoms with E-state index in [9.17, 15) is 0 Å². The van der Waals surface area contributed by atoms with Crippen molar-refractivity contribution >= 4 is 0 Å². The molecule has 1 aromatic carbocycles. The number of hydrogen-bond acceptors (Lipinski definition) is 5. The number of aryl methyl sites for hydroxylation is 2. The van der Waals surface area contributed by atoms with Gasteiger partial charge in [-0.05, 0) is 62.7 Å². The lowest BCUT2D eigenvalue weighted by atomic mass is 10.0. The Kier molecular flexibility index (Phi) is 6.24. The van der Waals surface area contributed by atoms with E-state index in [1.807, 2.05) is 38.4 Å². The first-order valence-electron chi connectivity index (χ1n) is 9.32. The number of rotatable bonds is 8. The van der Waals surface area contributed by atoms with E-state index in [0.29, 0.717) is 12.6 Å². The Morgan fingerprint density at radius 3 is 2.37 bits per heavy atom. The smallest absolute Gasteiger partial charge is 0.140 e. The number of benzene rings is 1. The highest BCUT2D eigenvalue weighted by Crippen LogP contribution is 2.25. The lowest BCUT2D eigenvalue weighted by molar-refractivity contribution is 0.230. The van der Waals surface area contributed by atoms with E-state index in [1.54, 1.807) is 0 Å². The summed E-state index contributed by atoms with van der Waals surface area (Å²) in [5.41, 5.74) is 4.46. The zero-order valence-electron chi connectivity index (χ0n) is 16.5. The summed E-state index contributed by atoms with van der Waals surface area (Å²) in [5.74, 6) is 1.66. The van der Waals surface area contributed by atoms with E-state index in [0.717, 1.165) is 35.7 Å². The average Bonchev–Trinajstić information content (AvgIpc) is 3.00. The molecule has 0 saturated heterocycles. The lowest BCUT2D eigenvalue weighted by Crippen LogP contribution is -2.23. The van der Waals surface area contributed by atoms with E-state index in [4.69, 9.17) is 9.26 Å². The maximum Gasteiger partial charge on any atom is 0.140 e. The van der Waals surface area contributed by atoms with Crippen molar-refractivity contribution < 1.29 is 9.26 Å². The minimum absolute atomic E-state index is 0.378. The van der Waals surface area contributed by atoms with E-state index < -0.39 is 0 Å². The molecule has 5 heteroatoms. The van der Waals surface area contributed by atoms with Crippen LogP contribution < -0.4 is 4.74 Å². The Bertz CT molecular complexity index is 824. The minimum atomic E-state index is 0.378. The van der Waals surface area contributed by atoms with Crippen LogP contribution in [0, 0.1) is 13.8 Å². The van der Waals surface area contributed by atoms with Crippen molar-refractivity contribution in [1.82, 2.24) is 15.0 Å². The molecule has 0 bridgehead atoms. The Hall–Kier alpha value is -2.66. The zero-order chi connectivity index (χ0) is 19.2. The molecule has 0 amide bonds. The van der Waals surface area contributed by atoms with Crippen LogP contribution in [0.5, 0.6) is 5.75 Å². The normalized spacial score (nSPS) is 12.3. The molecule has 142 valence electrons. The van der Waals surface area contributed by atoms with Crippen LogP contribution in [0.15, 0.2) is 53.3 Å². The molecule has 3 aromatic rings. The van der Waals surface area contributed by atoms with Crippen molar-refractivity contribution in [3.8, 4) is 5.75 Å². The maximum absolute atomic E-state index is 5.89. The maximum atomic E-state index is 5.89. The van der Waals surface area contributed by atoms with Gasteiger partial charge in [-0.25, -0.2) is 0 Å². The highest BCUT2D eigenvalue weighted by molar-refractivity contribution is 5.28. The highest BCUT2D eigenvalue weighted by atomic mass is 16.5. The van der Waals surface area contributed by atoms with Gasteiger partial charge in [0.15, 0.2) is 0 Å². The number of ether oxygens (including phenoxy) is 1. The summed E-state index contributed by atoms with van der Waals surface area (Å²) in [6, 6.07) is 12.9. The molecule has 0 fully saturated rings. The molecular formula is C22H27N3O2. The third-order valence-electron chi connectivity index (χ3n) is 4.93. The third-order valence-corrected chi connectivity index (χ3v) is 4.93. The van der Waals surface area contributed by atoms with Gasteiger partial charge >= 0.3 is 0 Å². The Balaban J connectivity index is 1.60. The predicted molar refractivity (Wildman–Crippen MR) is 105 cm³/mol. The SMILES string of the molecule is CCC(c1ccncc1)N(C)Cc1ccc(OCc2c(C)noc2C)cc1.